The van der Waals surface area contributed by atoms with Gasteiger partial charge in [-0.3, -0.25) is 0 Å². The fourth-order valence-corrected chi connectivity index (χ4v) is 11.4. The highest BCUT2D eigenvalue weighted by Crippen LogP contribution is 2.33. The molecule has 0 aromatic heterocycles. The van der Waals surface area contributed by atoms with Crippen LogP contribution < -0.4 is 20.7 Å². The van der Waals surface area contributed by atoms with Crippen molar-refractivity contribution < 1.29 is 0 Å². The first kappa shape index (κ1) is 21.1. The van der Waals surface area contributed by atoms with Crippen molar-refractivity contribution in [1.29, 1.82) is 0 Å². The minimum Gasteiger partial charge on any atom is -0.0623 e. The van der Waals surface area contributed by atoms with Crippen molar-refractivity contribution in [3.63, 3.8) is 0 Å². The van der Waals surface area contributed by atoms with Gasteiger partial charge in [0.05, 0.1) is 0 Å². The van der Waals surface area contributed by atoms with Gasteiger partial charge in [-0.05, 0) is 58.2 Å². The number of benzene rings is 6. The number of rotatable bonds is 4. The Kier molecular flexibility index (Phi) is 5.41. The van der Waals surface area contributed by atoms with Gasteiger partial charge in [0, 0.05) is 4.47 Å². The van der Waals surface area contributed by atoms with E-state index in [1.807, 2.05) is 0 Å². The molecule has 0 fully saturated rings. The molecule has 0 nitrogen and oxygen atoms in total. The van der Waals surface area contributed by atoms with Gasteiger partial charge >= 0.3 is 0 Å². The van der Waals surface area contributed by atoms with E-state index in [0.717, 1.165) is 0 Å². The lowest BCUT2D eigenvalue weighted by molar-refractivity contribution is 1.68. The Hall–Kier alpha value is -3.46. The molecule has 162 valence electrons. The van der Waals surface area contributed by atoms with Crippen LogP contribution in [0.4, 0.5) is 0 Å². The van der Waals surface area contributed by atoms with Gasteiger partial charge in [0.25, 0.3) is 0 Å². The van der Waals surface area contributed by atoms with Crippen molar-refractivity contribution in [3.8, 4) is 0 Å². The summed E-state index contributed by atoms with van der Waals surface area (Å²) in [5.74, 6) is 0. The van der Waals surface area contributed by atoms with Crippen LogP contribution in [0.2, 0.25) is 0 Å². The highest BCUT2D eigenvalue weighted by atomic mass is 79.9. The molecule has 2 heteroatoms. The summed E-state index contributed by atoms with van der Waals surface area (Å²) in [6.07, 6.45) is 0. The highest BCUT2D eigenvalue weighted by molar-refractivity contribution is 9.10. The largest absolute Gasteiger partial charge is 0.180 e. The molecule has 0 atom stereocenters. The first-order chi connectivity index (χ1) is 16.8. The summed E-state index contributed by atoms with van der Waals surface area (Å²) in [7, 11) is -2.67. The van der Waals surface area contributed by atoms with Crippen molar-refractivity contribution in [3.05, 3.63) is 144 Å². The van der Waals surface area contributed by atoms with Crippen molar-refractivity contribution in [2.75, 3.05) is 0 Å². The van der Waals surface area contributed by atoms with Crippen molar-refractivity contribution >= 4 is 66.3 Å². The normalized spacial score (nSPS) is 11.7. The standard InChI is InChI=1S/C32H23BrSi/c33-31-27-20-10-12-22-29(27)32(30-23-13-11-21-28(30)31)34(24-14-4-1-5-15-24,25-16-6-2-7-17-25)26-18-8-3-9-19-26/h1-23H. The van der Waals surface area contributed by atoms with Crippen LogP contribution in [-0.4, -0.2) is 8.07 Å². The van der Waals surface area contributed by atoms with Crippen molar-refractivity contribution in [2.24, 2.45) is 0 Å². The van der Waals surface area contributed by atoms with Gasteiger partial charge in [-0.1, -0.05) is 140 Å². The van der Waals surface area contributed by atoms with Gasteiger partial charge < -0.3 is 0 Å². The Morgan fingerprint density at radius 2 is 0.647 bits per heavy atom. The number of hydrogen-bond donors (Lipinski definition) is 0. The summed E-state index contributed by atoms with van der Waals surface area (Å²) in [6, 6.07) is 51.2. The van der Waals surface area contributed by atoms with Gasteiger partial charge in [0.1, 0.15) is 0 Å². The molecule has 0 saturated carbocycles. The molecule has 0 aliphatic carbocycles. The van der Waals surface area contributed by atoms with Crippen LogP contribution in [0.1, 0.15) is 0 Å². The van der Waals surface area contributed by atoms with Crippen LogP contribution in [0.25, 0.3) is 21.5 Å². The molecule has 6 rings (SSSR count). The molecule has 0 N–H and O–H groups in total. The van der Waals surface area contributed by atoms with Crippen LogP contribution in [0, 0.1) is 0 Å². The average molecular weight is 516 g/mol. The van der Waals surface area contributed by atoms with Crippen LogP contribution in [0.3, 0.4) is 0 Å². The Morgan fingerprint density at radius 3 is 1.00 bits per heavy atom. The van der Waals surface area contributed by atoms with Gasteiger partial charge in [-0.15, -0.1) is 0 Å². The van der Waals surface area contributed by atoms with Crippen LogP contribution in [0.5, 0.6) is 0 Å². The van der Waals surface area contributed by atoms with Gasteiger partial charge in [-0.2, -0.15) is 0 Å². The lowest BCUT2D eigenvalue weighted by Crippen LogP contribution is -2.75. The molecule has 0 unspecified atom stereocenters. The SMILES string of the molecule is Brc1c2ccccc2c([Si](c2ccccc2)(c2ccccc2)c2ccccc2)c2ccccc12. The Bertz CT molecular complexity index is 1440. The minimum absolute atomic E-state index is 1.17. The van der Waals surface area contributed by atoms with Gasteiger partial charge in [0.15, 0.2) is 8.07 Å². The van der Waals surface area contributed by atoms with Gasteiger partial charge in [0.2, 0.25) is 0 Å². The summed E-state index contributed by atoms with van der Waals surface area (Å²) < 4.78 is 1.17. The smallest absolute Gasteiger partial charge is 0.0623 e. The van der Waals surface area contributed by atoms with E-state index in [0.29, 0.717) is 0 Å². The van der Waals surface area contributed by atoms with E-state index < -0.39 is 8.07 Å². The van der Waals surface area contributed by atoms with Crippen molar-refractivity contribution in [1.82, 2.24) is 0 Å². The topological polar surface area (TPSA) is 0 Å². The van der Waals surface area contributed by atoms with E-state index in [4.69, 9.17) is 0 Å². The zero-order valence-electron chi connectivity index (χ0n) is 18.7. The molecule has 0 aliphatic heterocycles. The Balaban J connectivity index is 1.93. The molecule has 6 aromatic rings. The molecule has 0 bridgehead atoms. The molecule has 0 heterocycles. The maximum Gasteiger partial charge on any atom is 0.180 e. The first-order valence-electron chi connectivity index (χ1n) is 11.6. The zero-order chi connectivity index (χ0) is 23.0. The minimum atomic E-state index is -2.67. The number of hydrogen-bond acceptors (Lipinski definition) is 0. The van der Waals surface area contributed by atoms with Gasteiger partial charge in [-0.25, -0.2) is 0 Å². The average Bonchev–Trinajstić information content (AvgIpc) is 2.93. The Labute approximate surface area is 209 Å². The van der Waals surface area contributed by atoms with E-state index in [1.165, 1.54) is 46.8 Å². The van der Waals surface area contributed by atoms with Crippen molar-refractivity contribution in [2.45, 2.75) is 0 Å². The first-order valence-corrected chi connectivity index (χ1v) is 14.4. The predicted molar refractivity (Wildman–Crippen MR) is 153 cm³/mol. The molecule has 0 radical (unpaired) electrons. The second kappa shape index (κ2) is 8.71. The zero-order valence-corrected chi connectivity index (χ0v) is 21.2. The quantitative estimate of drug-likeness (QED) is 0.151. The van der Waals surface area contributed by atoms with E-state index >= 15 is 0 Å². The second-order valence-electron chi connectivity index (χ2n) is 8.63. The van der Waals surface area contributed by atoms with E-state index in [-0.39, 0.29) is 0 Å². The van der Waals surface area contributed by atoms with Crippen LogP contribution >= 0.6 is 15.9 Å². The third-order valence-electron chi connectivity index (χ3n) is 6.86. The summed E-state index contributed by atoms with van der Waals surface area (Å²) >= 11 is 3.97. The van der Waals surface area contributed by atoms with E-state index in [9.17, 15) is 0 Å². The Morgan fingerprint density at radius 1 is 0.353 bits per heavy atom. The van der Waals surface area contributed by atoms with E-state index in [1.54, 1.807) is 0 Å². The molecule has 0 saturated heterocycles. The molecule has 34 heavy (non-hydrogen) atoms. The summed E-state index contributed by atoms with van der Waals surface area (Å²) in [5.41, 5.74) is 0. The monoisotopic (exact) mass is 514 g/mol. The maximum absolute atomic E-state index is 3.97. The molecular formula is C32H23BrSi. The fourth-order valence-electron chi connectivity index (χ4n) is 5.48. The van der Waals surface area contributed by atoms with Crippen LogP contribution in [0.15, 0.2) is 144 Å². The highest BCUT2D eigenvalue weighted by Gasteiger charge is 2.43. The molecule has 0 spiro atoms. The fraction of sp³-hybridized carbons (Fsp3) is 0. The number of halogens is 1. The van der Waals surface area contributed by atoms with Crippen LogP contribution in [-0.2, 0) is 0 Å². The molecule has 0 amide bonds. The summed E-state index contributed by atoms with van der Waals surface area (Å²) in [4.78, 5) is 0. The lowest BCUT2D eigenvalue weighted by atomic mass is 10.0. The molecular weight excluding hydrogens is 492 g/mol. The molecule has 0 aliphatic rings. The molecule has 6 aromatic carbocycles. The third-order valence-corrected chi connectivity index (χ3v) is 12.6. The lowest BCUT2D eigenvalue weighted by Gasteiger charge is -2.36. The predicted octanol–water partition coefficient (Wildman–Crippen LogP) is 6.13. The second-order valence-corrected chi connectivity index (χ2v) is 13.2. The summed E-state index contributed by atoms with van der Waals surface area (Å²) in [6.45, 7) is 0. The number of fused-ring (bicyclic) bond motifs is 2. The maximum atomic E-state index is 3.97. The van der Waals surface area contributed by atoms with E-state index in [2.05, 4.69) is 155 Å². The summed E-state index contributed by atoms with van der Waals surface area (Å²) in [5, 5.41) is 10.8. The third kappa shape index (κ3) is 3.18.